The fourth-order valence-electron chi connectivity index (χ4n) is 10.1. The first-order valence-electron chi connectivity index (χ1n) is 29.2. The zero-order valence-corrected chi connectivity index (χ0v) is 54.7. The molecule has 33 nitrogen and oxygen atoms in total. The SMILES string of the molecule is CC(C)OC(=O)OCOP(=O)(CCN1n2cc(C(=O)NCc3ccc(F)cc3F)c(=O)c(O)c2C(=O)N(C)[C@@]12CCOC2)OCOC(=O)OC(C)C.CC(C)OC(=O)OCOP(=O)(O)CCN1n2cc(C(=O)NCc3ccc(F)cc3F)c(=O)c(O)c2C(=O)N(C)[C@@]12CCOC2. The van der Waals surface area contributed by atoms with E-state index < -0.39 is 201 Å². The Hall–Kier alpha value is -8.83. The first-order chi connectivity index (χ1) is 45.1. The summed E-state index contributed by atoms with van der Waals surface area (Å²) in [7, 11) is -6.07. The van der Waals surface area contributed by atoms with E-state index in [0.717, 1.165) is 46.0 Å². The number of amides is 4. The second kappa shape index (κ2) is 31.4. The van der Waals surface area contributed by atoms with Gasteiger partial charge in [-0.15, -0.1) is 0 Å². The van der Waals surface area contributed by atoms with Crippen molar-refractivity contribution < 1.29 is 127 Å². The summed E-state index contributed by atoms with van der Waals surface area (Å²) in [4.78, 5) is 128. The minimum Gasteiger partial charge on any atom is -0.502 e. The molecule has 6 heterocycles. The molecule has 0 aliphatic carbocycles. The van der Waals surface area contributed by atoms with Gasteiger partial charge in [0.2, 0.25) is 31.2 Å². The number of rotatable bonds is 24. The molecule has 4 aliphatic heterocycles. The number of nitrogens with zero attached hydrogens (tertiary/aromatic N) is 6. The van der Waals surface area contributed by atoms with Gasteiger partial charge in [0.15, 0.2) is 34.2 Å². The lowest BCUT2D eigenvalue weighted by molar-refractivity contribution is -0.0305. The Morgan fingerprint density at radius 3 is 1.29 bits per heavy atom. The molecule has 3 atom stereocenters. The van der Waals surface area contributed by atoms with Crippen LogP contribution in [0.1, 0.15) is 107 Å². The second-order valence-corrected chi connectivity index (χ2v) is 26.5. The Balaban J connectivity index is 0.000000275. The van der Waals surface area contributed by atoms with Crippen LogP contribution < -0.4 is 31.5 Å². The first kappa shape index (κ1) is 74.6. The number of pyridine rings is 2. The Bertz CT molecular complexity index is 3790. The molecule has 0 radical (unpaired) electrons. The van der Waals surface area contributed by atoms with Crippen molar-refractivity contribution in [1.29, 1.82) is 0 Å². The van der Waals surface area contributed by atoms with Crippen molar-refractivity contribution in [3.8, 4) is 11.5 Å². The molecule has 2 spiro atoms. The normalized spacial score (nSPS) is 18.0. The van der Waals surface area contributed by atoms with Crippen LogP contribution in [0.4, 0.5) is 31.9 Å². The van der Waals surface area contributed by atoms with Gasteiger partial charge in [-0.05, 0) is 53.7 Å². The summed E-state index contributed by atoms with van der Waals surface area (Å²) in [5.74, 6) is -9.44. The van der Waals surface area contributed by atoms with E-state index in [9.17, 15) is 84.9 Å². The Kier molecular flexibility index (Phi) is 24.4. The van der Waals surface area contributed by atoms with Crippen LogP contribution in [-0.4, -0.2) is 192 Å². The van der Waals surface area contributed by atoms with E-state index in [1.807, 2.05) is 0 Å². The maximum atomic E-state index is 14.2. The highest BCUT2D eigenvalue weighted by Gasteiger charge is 2.54. The van der Waals surface area contributed by atoms with Crippen LogP contribution in [-0.2, 0) is 73.7 Å². The van der Waals surface area contributed by atoms with Crippen molar-refractivity contribution in [2.75, 3.05) is 96.3 Å². The van der Waals surface area contributed by atoms with E-state index in [0.29, 0.717) is 12.1 Å². The van der Waals surface area contributed by atoms with Gasteiger partial charge in [-0.2, -0.15) is 0 Å². The largest absolute Gasteiger partial charge is 0.510 e. The van der Waals surface area contributed by atoms with Crippen LogP contribution in [0.15, 0.2) is 58.4 Å². The fraction of sp³-hybridized carbons (Fsp3) is 0.491. The minimum atomic E-state index is -4.46. The van der Waals surface area contributed by atoms with Crippen LogP contribution in [0.2, 0.25) is 0 Å². The molecule has 2 saturated heterocycles. The Labute approximate surface area is 543 Å². The molecular formula is C57H70F4N8O25P2. The molecule has 526 valence electrons. The van der Waals surface area contributed by atoms with Gasteiger partial charge >= 0.3 is 33.7 Å². The van der Waals surface area contributed by atoms with Gasteiger partial charge < -0.3 is 73.4 Å². The molecule has 0 bridgehead atoms. The van der Waals surface area contributed by atoms with Gasteiger partial charge in [0.25, 0.3) is 23.6 Å². The maximum Gasteiger partial charge on any atom is 0.510 e. The van der Waals surface area contributed by atoms with Crippen LogP contribution in [0.25, 0.3) is 0 Å². The zero-order valence-electron chi connectivity index (χ0n) is 52.9. The molecule has 8 rings (SSSR count). The highest BCUT2D eigenvalue weighted by Crippen LogP contribution is 2.49. The first-order valence-corrected chi connectivity index (χ1v) is 32.7. The Morgan fingerprint density at radius 1 is 0.583 bits per heavy atom. The van der Waals surface area contributed by atoms with E-state index in [4.69, 9.17) is 46.7 Å². The van der Waals surface area contributed by atoms with Gasteiger partial charge in [-0.3, -0.25) is 70.8 Å². The predicted octanol–water partition coefficient (Wildman–Crippen LogP) is 4.79. The fourth-order valence-corrected chi connectivity index (χ4v) is 12.0. The zero-order chi connectivity index (χ0) is 70.8. The van der Waals surface area contributed by atoms with Gasteiger partial charge in [-0.25, -0.2) is 31.9 Å². The molecule has 2 fully saturated rings. The summed E-state index contributed by atoms with van der Waals surface area (Å²) < 4.78 is 139. The van der Waals surface area contributed by atoms with Crippen LogP contribution in [0.5, 0.6) is 11.5 Å². The van der Waals surface area contributed by atoms with E-state index in [-0.39, 0.29) is 63.5 Å². The van der Waals surface area contributed by atoms with Gasteiger partial charge in [0.1, 0.15) is 34.4 Å². The molecule has 0 saturated carbocycles. The number of aromatic hydroxyl groups is 2. The number of aromatic nitrogens is 2. The topological polar surface area (TPSA) is 397 Å². The van der Waals surface area contributed by atoms with Gasteiger partial charge in [-0.1, -0.05) is 12.1 Å². The molecule has 96 heavy (non-hydrogen) atoms. The van der Waals surface area contributed by atoms with Crippen LogP contribution in [0, 0.1) is 23.3 Å². The lowest BCUT2D eigenvalue weighted by Crippen LogP contribution is -2.70. The number of carbonyl (C=O) groups is 7. The molecular weight excluding hydrogens is 1330 g/mol. The third kappa shape index (κ3) is 17.4. The highest BCUT2D eigenvalue weighted by atomic mass is 31.2. The number of nitrogens with one attached hydrogen (secondary N) is 2. The Morgan fingerprint density at radius 2 is 0.948 bits per heavy atom. The quantitative estimate of drug-likeness (QED) is 0.0207. The number of carbonyl (C=O) groups excluding carboxylic acids is 7. The van der Waals surface area contributed by atoms with Crippen molar-refractivity contribution in [2.45, 2.75) is 97.1 Å². The van der Waals surface area contributed by atoms with Gasteiger partial charge in [0, 0.05) is 88.8 Å². The van der Waals surface area contributed by atoms with Crippen molar-refractivity contribution >= 4 is 57.3 Å². The van der Waals surface area contributed by atoms with E-state index in [1.165, 1.54) is 33.9 Å². The number of benzene rings is 2. The van der Waals surface area contributed by atoms with Crippen molar-refractivity contribution in [3.05, 3.63) is 126 Å². The lowest BCUT2D eigenvalue weighted by Gasteiger charge is -2.52. The number of likely N-dealkylation sites (N-methyl/N-ethyl adjacent to an activating group) is 2. The summed E-state index contributed by atoms with van der Waals surface area (Å²) >= 11 is 0. The van der Waals surface area contributed by atoms with Crippen molar-refractivity contribution in [1.82, 2.24) is 29.8 Å². The second-order valence-electron chi connectivity index (χ2n) is 22.3. The average Bonchev–Trinajstić information content (AvgIpc) is 1.20. The van der Waals surface area contributed by atoms with Crippen molar-refractivity contribution in [2.24, 2.45) is 0 Å². The van der Waals surface area contributed by atoms with Gasteiger partial charge in [0.05, 0.1) is 57.1 Å². The molecule has 4 aromatic rings. The summed E-state index contributed by atoms with van der Waals surface area (Å²) in [6, 6.07) is 5.41. The third-order valence-corrected chi connectivity index (χ3v) is 17.9. The predicted molar refractivity (Wildman–Crippen MR) is 320 cm³/mol. The van der Waals surface area contributed by atoms with Crippen LogP contribution in [0.3, 0.4) is 0 Å². The summed E-state index contributed by atoms with van der Waals surface area (Å²) in [6.07, 6.45) is -3.83. The number of hydrogen-bond acceptors (Lipinski definition) is 26. The number of hydrogen-bond donors (Lipinski definition) is 5. The highest BCUT2D eigenvalue weighted by molar-refractivity contribution is 7.53. The third-order valence-electron chi connectivity index (χ3n) is 14.9. The maximum absolute atomic E-state index is 14.2. The van der Waals surface area contributed by atoms with Crippen molar-refractivity contribution in [3.63, 3.8) is 0 Å². The monoisotopic (exact) mass is 1400 g/mol. The molecule has 39 heteroatoms. The smallest absolute Gasteiger partial charge is 0.502 e. The van der Waals surface area contributed by atoms with E-state index in [2.05, 4.69) is 15.4 Å². The van der Waals surface area contributed by atoms with E-state index in [1.54, 1.807) is 41.5 Å². The molecule has 4 amide bonds. The molecule has 1 unspecified atom stereocenters. The average molecular weight is 1410 g/mol. The number of ether oxygens (including phenoxy) is 8. The molecule has 5 N–H and O–H groups in total. The lowest BCUT2D eigenvalue weighted by atomic mass is 10.0. The number of fused-ring (bicyclic) bond motifs is 2. The summed E-state index contributed by atoms with van der Waals surface area (Å²) in [5.41, 5.74) is -7.58. The molecule has 2 aromatic heterocycles. The summed E-state index contributed by atoms with van der Waals surface area (Å²) in [5, 5.41) is 29.3. The molecule has 4 aliphatic rings. The summed E-state index contributed by atoms with van der Waals surface area (Å²) in [6.45, 7) is 5.20. The molecule has 2 aromatic carbocycles. The minimum absolute atomic E-state index is 0.0757. The van der Waals surface area contributed by atoms with E-state index >= 15 is 0 Å². The number of halogens is 4. The van der Waals surface area contributed by atoms with Crippen LogP contribution >= 0.6 is 15.2 Å². The standard InChI is InChI=1S/C31H39F2N4O14P.C26H31F2N4O11P/c1-18(2)50-29(42)46-16-48-52(44,49-17-47-30(43)51-19(3)4)11-9-37-31(8-10-45-15-31)35(5)28(41)24-26(39)25(38)22(14-36(24)37)27(40)34-13-20-6-7-21(32)12-23(20)33;1-15(2)43-25(37)41-14-42-44(38,39)9-7-32-26(6-8-40-13-26)30(3)24(36)20-22(34)21(33)18(12-31(20)32)23(35)29-11-16-4-5-17(27)10-19(16)28/h6-7,12,14,18-19,39H,8-11,13,15-17H2,1-5H3,(H,34,40);4-5,10,12,15,34H,6-9,11,13-14H2,1-3H3,(H,29,35)(H,38,39)/t31-;26-/m00/s1.